The van der Waals surface area contributed by atoms with E-state index < -0.39 is 21.7 Å². The van der Waals surface area contributed by atoms with Crippen LogP contribution in [0.1, 0.15) is 13.0 Å². The van der Waals surface area contributed by atoms with Crippen LogP contribution in [0.25, 0.3) is 11.0 Å². The van der Waals surface area contributed by atoms with E-state index >= 15 is 0 Å². The van der Waals surface area contributed by atoms with E-state index in [1.54, 1.807) is 11.5 Å². The topological polar surface area (TPSA) is 87.2 Å². The molecule has 0 aliphatic carbocycles. The molecule has 6 nitrogen and oxygen atoms in total. The first kappa shape index (κ1) is 14.6. The van der Waals surface area contributed by atoms with Crippen LogP contribution >= 0.6 is 0 Å². The molecule has 0 aliphatic rings. The average Bonchev–Trinajstić information content (AvgIpc) is 2.60. The van der Waals surface area contributed by atoms with Gasteiger partial charge in [0.05, 0.1) is 23.9 Å². The standard InChI is InChI=1S/C12H16FN3O3S/c1-7(6-20(3,17)18)16-10-5-11(19-2)8(13)4-9(10)15-12(16)14/h4-5,7H,6H2,1-3H3,(H2,14,15). The molecule has 0 fully saturated rings. The van der Waals surface area contributed by atoms with Gasteiger partial charge in [0.2, 0.25) is 5.95 Å². The lowest BCUT2D eigenvalue weighted by Gasteiger charge is -2.15. The lowest BCUT2D eigenvalue weighted by atomic mass is 10.2. The Kier molecular flexibility index (Phi) is 3.59. The second kappa shape index (κ2) is 4.93. The van der Waals surface area contributed by atoms with E-state index in [1.165, 1.54) is 19.2 Å². The molecule has 20 heavy (non-hydrogen) atoms. The molecule has 8 heteroatoms. The molecule has 0 aliphatic heterocycles. The predicted molar refractivity (Wildman–Crippen MR) is 75.1 cm³/mol. The van der Waals surface area contributed by atoms with Crippen LogP contribution in [-0.4, -0.2) is 37.1 Å². The van der Waals surface area contributed by atoms with E-state index in [9.17, 15) is 12.8 Å². The van der Waals surface area contributed by atoms with E-state index in [0.29, 0.717) is 11.0 Å². The van der Waals surface area contributed by atoms with Gasteiger partial charge in [-0.3, -0.25) is 0 Å². The van der Waals surface area contributed by atoms with Crippen molar-refractivity contribution in [2.24, 2.45) is 0 Å². The van der Waals surface area contributed by atoms with Gasteiger partial charge in [-0.25, -0.2) is 17.8 Å². The van der Waals surface area contributed by atoms with Gasteiger partial charge in [-0.1, -0.05) is 0 Å². The molecule has 1 unspecified atom stereocenters. The Labute approximate surface area is 116 Å². The van der Waals surface area contributed by atoms with Crippen molar-refractivity contribution in [2.75, 3.05) is 24.9 Å². The quantitative estimate of drug-likeness (QED) is 0.921. The van der Waals surface area contributed by atoms with Gasteiger partial charge in [-0.2, -0.15) is 0 Å². The first-order valence-corrected chi connectivity index (χ1v) is 7.97. The van der Waals surface area contributed by atoms with Gasteiger partial charge in [0.15, 0.2) is 11.6 Å². The molecule has 2 N–H and O–H groups in total. The summed E-state index contributed by atoms with van der Waals surface area (Å²) in [5.41, 5.74) is 6.71. The van der Waals surface area contributed by atoms with Crippen LogP contribution in [0.2, 0.25) is 0 Å². The van der Waals surface area contributed by atoms with Gasteiger partial charge < -0.3 is 15.0 Å². The summed E-state index contributed by atoms with van der Waals surface area (Å²) in [5, 5.41) is 0. The molecular formula is C12H16FN3O3S. The second-order valence-corrected chi connectivity index (χ2v) is 6.94. The number of nitrogen functional groups attached to an aromatic ring is 1. The monoisotopic (exact) mass is 301 g/mol. The zero-order chi connectivity index (χ0) is 15.1. The summed E-state index contributed by atoms with van der Waals surface area (Å²) in [6, 6.07) is 2.27. The van der Waals surface area contributed by atoms with Crippen LogP contribution < -0.4 is 10.5 Å². The third-order valence-electron chi connectivity index (χ3n) is 2.98. The molecule has 2 aromatic rings. The summed E-state index contributed by atoms with van der Waals surface area (Å²) in [4.78, 5) is 4.05. The first-order valence-electron chi connectivity index (χ1n) is 5.91. The highest BCUT2D eigenvalue weighted by atomic mass is 32.2. The number of nitrogens with two attached hydrogens (primary N) is 1. The zero-order valence-electron chi connectivity index (χ0n) is 11.4. The minimum absolute atomic E-state index is 0.0604. The van der Waals surface area contributed by atoms with Gasteiger partial charge in [0.25, 0.3) is 0 Å². The number of ether oxygens (including phenoxy) is 1. The largest absolute Gasteiger partial charge is 0.494 e. The highest BCUT2D eigenvalue weighted by Gasteiger charge is 2.19. The van der Waals surface area contributed by atoms with Gasteiger partial charge in [0, 0.05) is 24.4 Å². The Balaban J connectivity index is 2.60. The Hall–Kier alpha value is -1.83. The van der Waals surface area contributed by atoms with Gasteiger partial charge in [0.1, 0.15) is 9.84 Å². The Morgan fingerprint density at radius 1 is 1.50 bits per heavy atom. The molecule has 0 saturated heterocycles. The Morgan fingerprint density at radius 2 is 2.15 bits per heavy atom. The van der Waals surface area contributed by atoms with Crippen molar-refractivity contribution < 1.29 is 17.5 Å². The lowest BCUT2D eigenvalue weighted by Crippen LogP contribution is -2.18. The van der Waals surface area contributed by atoms with Gasteiger partial charge in [-0.05, 0) is 6.92 Å². The highest BCUT2D eigenvalue weighted by Crippen LogP contribution is 2.29. The molecular weight excluding hydrogens is 285 g/mol. The van der Waals surface area contributed by atoms with Crippen LogP contribution in [0.15, 0.2) is 12.1 Å². The van der Waals surface area contributed by atoms with Crippen molar-refractivity contribution in [1.82, 2.24) is 9.55 Å². The van der Waals surface area contributed by atoms with Crippen molar-refractivity contribution in [3.05, 3.63) is 17.9 Å². The van der Waals surface area contributed by atoms with E-state index in [4.69, 9.17) is 10.5 Å². The number of hydrogen-bond acceptors (Lipinski definition) is 5. The SMILES string of the molecule is COc1cc2c(cc1F)nc(N)n2C(C)CS(C)(=O)=O. The van der Waals surface area contributed by atoms with Crippen LogP contribution in [0.5, 0.6) is 5.75 Å². The molecule has 1 atom stereocenters. The number of sulfone groups is 1. The predicted octanol–water partition coefficient (Wildman–Crippen LogP) is 1.37. The maximum Gasteiger partial charge on any atom is 0.201 e. The van der Waals surface area contributed by atoms with Crippen LogP contribution in [0.3, 0.4) is 0 Å². The number of halogens is 1. The third-order valence-corrected chi connectivity index (χ3v) is 4.06. The fourth-order valence-corrected chi connectivity index (χ4v) is 3.27. The van der Waals surface area contributed by atoms with Crippen molar-refractivity contribution in [3.63, 3.8) is 0 Å². The van der Waals surface area contributed by atoms with E-state index in [-0.39, 0.29) is 17.5 Å². The second-order valence-electron chi connectivity index (χ2n) is 4.76. The summed E-state index contributed by atoms with van der Waals surface area (Å²) in [7, 11) is -1.81. The minimum Gasteiger partial charge on any atom is -0.494 e. The summed E-state index contributed by atoms with van der Waals surface area (Å²) < 4.78 is 42.9. The maximum absolute atomic E-state index is 13.6. The molecule has 110 valence electrons. The summed E-state index contributed by atoms with van der Waals surface area (Å²) in [5.74, 6) is -0.419. The molecule has 0 amide bonds. The first-order chi connectivity index (χ1) is 9.23. The molecule has 1 aromatic heterocycles. The van der Waals surface area contributed by atoms with Gasteiger partial charge in [-0.15, -0.1) is 0 Å². The van der Waals surface area contributed by atoms with Crippen molar-refractivity contribution >= 4 is 26.8 Å². The zero-order valence-corrected chi connectivity index (χ0v) is 12.2. The minimum atomic E-state index is -3.17. The van der Waals surface area contributed by atoms with Crippen LogP contribution in [-0.2, 0) is 9.84 Å². The van der Waals surface area contributed by atoms with Crippen LogP contribution in [0, 0.1) is 5.82 Å². The molecule has 0 saturated carbocycles. The number of anilines is 1. The number of imidazole rings is 1. The lowest BCUT2D eigenvalue weighted by molar-refractivity contribution is 0.387. The molecule has 0 spiro atoms. The fourth-order valence-electron chi connectivity index (χ4n) is 2.25. The number of nitrogens with zero attached hydrogens (tertiary/aromatic N) is 2. The number of rotatable bonds is 4. The summed E-state index contributed by atoms with van der Waals surface area (Å²) >= 11 is 0. The van der Waals surface area contributed by atoms with E-state index in [0.717, 1.165) is 6.26 Å². The summed E-state index contributed by atoms with van der Waals surface area (Å²) in [6.45, 7) is 1.72. The van der Waals surface area contributed by atoms with E-state index in [1.807, 2.05) is 0 Å². The number of aromatic nitrogens is 2. The maximum atomic E-state index is 13.6. The van der Waals surface area contributed by atoms with Crippen molar-refractivity contribution in [3.8, 4) is 5.75 Å². The average molecular weight is 301 g/mol. The number of hydrogen-bond donors (Lipinski definition) is 1. The normalized spacial score (nSPS) is 13.6. The Bertz CT molecular complexity index is 755. The molecule has 2 rings (SSSR count). The molecule has 1 heterocycles. The number of methoxy groups -OCH3 is 1. The van der Waals surface area contributed by atoms with E-state index in [2.05, 4.69) is 4.98 Å². The smallest absolute Gasteiger partial charge is 0.201 e. The number of fused-ring (bicyclic) bond motifs is 1. The van der Waals surface area contributed by atoms with Crippen molar-refractivity contribution in [2.45, 2.75) is 13.0 Å². The summed E-state index contributed by atoms with van der Waals surface area (Å²) in [6.07, 6.45) is 1.15. The molecule has 0 radical (unpaired) electrons. The number of benzene rings is 1. The Morgan fingerprint density at radius 3 is 2.70 bits per heavy atom. The van der Waals surface area contributed by atoms with Crippen LogP contribution in [0.4, 0.5) is 10.3 Å². The molecule has 1 aromatic carbocycles. The fraction of sp³-hybridized carbons (Fsp3) is 0.417. The van der Waals surface area contributed by atoms with Crippen molar-refractivity contribution in [1.29, 1.82) is 0 Å². The molecule has 0 bridgehead atoms. The van der Waals surface area contributed by atoms with Gasteiger partial charge >= 0.3 is 0 Å². The third kappa shape index (κ3) is 2.69. The highest BCUT2D eigenvalue weighted by molar-refractivity contribution is 7.90.